The number of nitrogens with one attached hydrogen (secondary N) is 1. The zero-order chi connectivity index (χ0) is 13.4. The van der Waals surface area contributed by atoms with E-state index in [9.17, 15) is 9.18 Å². The van der Waals surface area contributed by atoms with Gasteiger partial charge in [-0.25, -0.2) is 4.39 Å². The molecule has 100 valence electrons. The lowest BCUT2D eigenvalue weighted by molar-refractivity contribution is -0.121. The number of ether oxygens (including phenoxy) is 1. The number of aliphatic hydroxyl groups is 1. The summed E-state index contributed by atoms with van der Waals surface area (Å²) in [4.78, 5) is 11.3. The van der Waals surface area contributed by atoms with E-state index in [1.807, 2.05) is 0 Å². The lowest BCUT2D eigenvalue weighted by Gasteiger charge is -2.08. The predicted molar refractivity (Wildman–Crippen MR) is 65.8 cm³/mol. The van der Waals surface area contributed by atoms with E-state index in [0.717, 1.165) is 0 Å². The molecule has 0 heterocycles. The molecule has 0 radical (unpaired) electrons. The first-order valence-electron chi connectivity index (χ1n) is 5.91. The van der Waals surface area contributed by atoms with Crippen LogP contribution in [0.3, 0.4) is 0 Å². The highest BCUT2D eigenvalue weighted by atomic mass is 19.1. The number of benzene rings is 1. The quantitative estimate of drug-likeness (QED) is 0.726. The third-order valence-corrected chi connectivity index (χ3v) is 2.23. The molecule has 0 saturated carbocycles. The number of hydrogen-bond acceptors (Lipinski definition) is 3. The third kappa shape index (κ3) is 6.20. The molecule has 0 aliphatic heterocycles. The highest BCUT2D eigenvalue weighted by Gasteiger charge is 2.03. The Hall–Kier alpha value is -1.62. The van der Waals surface area contributed by atoms with Gasteiger partial charge in [0.2, 0.25) is 5.91 Å². The Balaban J connectivity index is 2.11. The molecule has 1 rings (SSSR count). The minimum atomic E-state index is -0.538. The Morgan fingerprint density at radius 3 is 2.72 bits per heavy atom. The average Bonchev–Trinajstić information content (AvgIpc) is 2.34. The zero-order valence-electron chi connectivity index (χ0n) is 10.4. The van der Waals surface area contributed by atoms with Crippen LogP contribution in [0.5, 0.6) is 5.75 Å². The molecule has 1 aromatic rings. The maximum atomic E-state index is 12.6. The fourth-order valence-corrected chi connectivity index (χ4v) is 1.30. The van der Waals surface area contributed by atoms with E-state index in [1.165, 1.54) is 12.1 Å². The molecule has 0 aromatic heterocycles. The van der Waals surface area contributed by atoms with Crippen LogP contribution in [-0.2, 0) is 4.79 Å². The Labute approximate surface area is 106 Å². The summed E-state index contributed by atoms with van der Waals surface area (Å²) in [7, 11) is 0. The van der Waals surface area contributed by atoms with Gasteiger partial charge in [-0.2, -0.15) is 0 Å². The van der Waals surface area contributed by atoms with Crippen LogP contribution in [0.1, 0.15) is 19.8 Å². The summed E-state index contributed by atoms with van der Waals surface area (Å²) in [6.45, 7) is 2.27. The number of carbonyl (C=O) groups excluding carboxylic acids is 1. The highest BCUT2D eigenvalue weighted by Crippen LogP contribution is 2.11. The van der Waals surface area contributed by atoms with Crippen LogP contribution >= 0.6 is 0 Å². The number of carbonyl (C=O) groups is 1. The summed E-state index contributed by atoms with van der Waals surface area (Å²) in [6.07, 6.45) is 0.376. The SMILES string of the molecule is C[C@H](O)CNC(=O)CCCOc1ccc(F)cc1. The Morgan fingerprint density at radius 1 is 1.44 bits per heavy atom. The van der Waals surface area contributed by atoms with E-state index in [4.69, 9.17) is 9.84 Å². The van der Waals surface area contributed by atoms with Gasteiger partial charge in [0.05, 0.1) is 12.7 Å². The van der Waals surface area contributed by atoms with Crippen LogP contribution < -0.4 is 10.1 Å². The number of rotatable bonds is 7. The maximum Gasteiger partial charge on any atom is 0.220 e. The van der Waals surface area contributed by atoms with Crippen molar-refractivity contribution >= 4 is 5.91 Å². The van der Waals surface area contributed by atoms with Gasteiger partial charge < -0.3 is 15.2 Å². The van der Waals surface area contributed by atoms with Crippen molar-refractivity contribution in [2.24, 2.45) is 0 Å². The topological polar surface area (TPSA) is 58.6 Å². The van der Waals surface area contributed by atoms with Crippen LogP contribution in [0.15, 0.2) is 24.3 Å². The molecule has 0 aliphatic carbocycles. The Morgan fingerprint density at radius 2 is 2.11 bits per heavy atom. The maximum absolute atomic E-state index is 12.6. The summed E-state index contributed by atoms with van der Waals surface area (Å²) in [5.41, 5.74) is 0. The molecule has 0 bridgehead atoms. The largest absolute Gasteiger partial charge is 0.494 e. The summed E-state index contributed by atoms with van der Waals surface area (Å²) < 4.78 is 17.9. The summed E-state index contributed by atoms with van der Waals surface area (Å²) in [5, 5.41) is 11.6. The number of halogens is 1. The summed E-state index contributed by atoms with van der Waals surface area (Å²) in [5.74, 6) is 0.166. The molecule has 1 aromatic carbocycles. The highest BCUT2D eigenvalue weighted by molar-refractivity contribution is 5.75. The van der Waals surface area contributed by atoms with Crippen LogP contribution in [0, 0.1) is 5.82 Å². The second-order valence-corrected chi connectivity index (χ2v) is 4.06. The monoisotopic (exact) mass is 255 g/mol. The van der Waals surface area contributed by atoms with Crippen molar-refractivity contribution in [1.29, 1.82) is 0 Å². The van der Waals surface area contributed by atoms with Gasteiger partial charge in [0.25, 0.3) is 0 Å². The van der Waals surface area contributed by atoms with Crippen molar-refractivity contribution in [1.82, 2.24) is 5.32 Å². The molecule has 0 fully saturated rings. The van der Waals surface area contributed by atoms with E-state index in [1.54, 1.807) is 19.1 Å². The average molecular weight is 255 g/mol. The molecule has 2 N–H and O–H groups in total. The first kappa shape index (κ1) is 14.4. The van der Waals surface area contributed by atoms with E-state index in [2.05, 4.69) is 5.32 Å². The van der Waals surface area contributed by atoms with Gasteiger partial charge in [-0.3, -0.25) is 4.79 Å². The van der Waals surface area contributed by atoms with E-state index >= 15 is 0 Å². The zero-order valence-corrected chi connectivity index (χ0v) is 10.4. The van der Waals surface area contributed by atoms with Gasteiger partial charge >= 0.3 is 0 Å². The first-order chi connectivity index (χ1) is 8.58. The van der Waals surface area contributed by atoms with Gasteiger partial charge in [0, 0.05) is 13.0 Å². The van der Waals surface area contributed by atoms with Gasteiger partial charge in [-0.05, 0) is 37.6 Å². The van der Waals surface area contributed by atoms with E-state index in [0.29, 0.717) is 25.2 Å². The number of aliphatic hydroxyl groups excluding tert-OH is 1. The molecule has 0 aliphatic rings. The Bertz CT molecular complexity index is 365. The first-order valence-corrected chi connectivity index (χ1v) is 5.91. The fraction of sp³-hybridized carbons (Fsp3) is 0.462. The second-order valence-electron chi connectivity index (χ2n) is 4.06. The van der Waals surface area contributed by atoms with Crippen LogP contribution in [-0.4, -0.2) is 30.3 Å². The molecule has 18 heavy (non-hydrogen) atoms. The van der Waals surface area contributed by atoms with Gasteiger partial charge in [-0.1, -0.05) is 0 Å². The smallest absolute Gasteiger partial charge is 0.220 e. The molecule has 0 spiro atoms. The summed E-state index contributed by atoms with van der Waals surface area (Å²) >= 11 is 0. The molecular formula is C13H18FNO3. The third-order valence-electron chi connectivity index (χ3n) is 2.23. The minimum Gasteiger partial charge on any atom is -0.494 e. The summed E-state index contributed by atoms with van der Waals surface area (Å²) in [6, 6.07) is 5.74. The molecule has 1 amide bonds. The minimum absolute atomic E-state index is 0.112. The van der Waals surface area contributed by atoms with Crippen molar-refractivity contribution in [2.75, 3.05) is 13.2 Å². The van der Waals surface area contributed by atoms with Crippen LogP contribution in [0.25, 0.3) is 0 Å². The number of amides is 1. The Kier molecular flexibility index (Phi) is 6.14. The normalized spacial score (nSPS) is 11.9. The van der Waals surface area contributed by atoms with Crippen molar-refractivity contribution in [3.63, 3.8) is 0 Å². The van der Waals surface area contributed by atoms with Crippen LogP contribution in [0.2, 0.25) is 0 Å². The second kappa shape index (κ2) is 7.66. The number of hydrogen-bond donors (Lipinski definition) is 2. The standard InChI is InChI=1S/C13H18FNO3/c1-10(16)9-15-13(17)3-2-8-18-12-6-4-11(14)5-7-12/h4-7,10,16H,2-3,8-9H2,1H3,(H,15,17)/t10-/m0/s1. The fourth-order valence-electron chi connectivity index (χ4n) is 1.30. The van der Waals surface area contributed by atoms with Crippen molar-refractivity contribution in [2.45, 2.75) is 25.9 Å². The lowest BCUT2D eigenvalue weighted by atomic mass is 10.3. The van der Waals surface area contributed by atoms with Crippen molar-refractivity contribution in [3.05, 3.63) is 30.1 Å². The molecule has 1 atom stereocenters. The molecule has 0 unspecified atom stereocenters. The van der Waals surface area contributed by atoms with E-state index in [-0.39, 0.29) is 18.3 Å². The lowest BCUT2D eigenvalue weighted by Crippen LogP contribution is -2.30. The predicted octanol–water partition coefficient (Wildman–Crippen LogP) is 1.48. The van der Waals surface area contributed by atoms with E-state index < -0.39 is 6.10 Å². The van der Waals surface area contributed by atoms with Gasteiger partial charge in [0.1, 0.15) is 11.6 Å². The molecule has 4 nitrogen and oxygen atoms in total. The van der Waals surface area contributed by atoms with Gasteiger partial charge in [0.15, 0.2) is 0 Å². The van der Waals surface area contributed by atoms with Crippen LogP contribution in [0.4, 0.5) is 4.39 Å². The molecular weight excluding hydrogens is 237 g/mol. The van der Waals surface area contributed by atoms with Crippen molar-refractivity contribution < 1.29 is 19.0 Å². The van der Waals surface area contributed by atoms with Gasteiger partial charge in [-0.15, -0.1) is 0 Å². The molecule has 5 heteroatoms. The van der Waals surface area contributed by atoms with Crippen molar-refractivity contribution in [3.8, 4) is 5.75 Å². The molecule has 0 saturated heterocycles.